The van der Waals surface area contributed by atoms with E-state index in [4.69, 9.17) is 0 Å². The van der Waals surface area contributed by atoms with E-state index in [0.717, 1.165) is 67.8 Å². The van der Waals surface area contributed by atoms with Crippen LogP contribution >= 0.6 is 0 Å². The van der Waals surface area contributed by atoms with E-state index in [9.17, 15) is 22.0 Å². The van der Waals surface area contributed by atoms with Crippen LogP contribution in [0, 0.1) is 34.9 Å². The Labute approximate surface area is 254 Å². The highest BCUT2D eigenvalue weighted by atomic mass is 19.3. The SMILES string of the molecule is CCCCCc1ccc(C(F)(F)Oc2ccc(-c3cc(F)c(-c4ccc(-c5ccc(F)c(F)c5)cc4)c(F)c3)c(F)c2)c(F)c1. The van der Waals surface area contributed by atoms with Crippen molar-refractivity contribution in [1.82, 2.24) is 0 Å². The molecule has 1 nitrogen and oxygen atoms in total. The van der Waals surface area contributed by atoms with Crippen molar-refractivity contribution in [1.29, 1.82) is 0 Å². The number of aryl methyl sites for hydroxylation is 1. The first-order valence-electron chi connectivity index (χ1n) is 14.2. The van der Waals surface area contributed by atoms with Crippen LogP contribution in [0.2, 0.25) is 0 Å². The standard InChI is InChI=1S/C36H26F8O/c1-2-3-4-5-21-6-14-28(31(39)16-21)36(43,44)45-26-12-13-27(30(38)20-26)25-18-33(41)35(34(42)19-25)23-9-7-22(8-10-23)24-11-15-29(37)32(40)17-24/h6-20H,2-5H2,1H3. The van der Waals surface area contributed by atoms with Crippen LogP contribution in [0.4, 0.5) is 35.1 Å². The molecule has 5 aromatic carbocycles. The maximum Gasteiger partial charge on any atom is 0.429 e. The molecule has 0 heterocycles. The van der Waals surface area contributed by atoms with Gasteiger partial charge in [0.15, 0.2) is 11.6 Å². The first-order valence-corrected chi connectivity index (χ1v) is 14.2. The molecular weight excluding hydrogens is 600 g/mol. The number of unbranched alkanes of at least 4 members (excludes halogenated alkanes) is 2. The van der Waals surface area contributed by atoms with Crippen molar-refractivity contribution < 1.29 is 39.9 Å². The minimum atomic E-state index is -4.12. The third kappa shape index (κ3) is 7.03. The van der Waals surface area contributed by atoms with Crippen molar-refractivity contribution in [2.45, 2.75) is 38.7 Å². The van der Waals surface area contributed by atoms with Crippen molar-refractivity contribution in [3.63, 3.8) is 0 Å². The molecule has 0 radical (unpaired) electrons. The zero-order valence-electron chi connectivity index (χ0n) is 23.9. The topological polar surface area (TPSA) is 9.23 Å². The Hall–Kier alpha value is -4.66. The molecule has 0 amide bonds. The van der Waals surface area contributed by atoms with Gasteiger partial charge in [-0.15, -0.1) is 0 Å². The Morgan fingerprint density at radius 3 is 1.80 bits per heavy atom. The molecule has 0 saturated carbocycles. The summed E-state index contributed by atoms with van der Waals surface area (Å²) in [6.45, 7) is 2.01. The number of ether oxygens (including phenoxy) is 1. The molecule has 0 fully saturated rings. The highest BCUT2D eigenvalue weighted by Crippen LogP contribution is 2.37. The Kier molecular flexibility index (Phi) is 9.27. The van der Waals surface area contributed by atoms with Gasteiger partial charge in [0, 0.05) is 11.6 Å². The van der Waals surface area contributed by atoms with Gasteiger partial charge in [0.25, 0.3) is 0 Å². The quantitative estimate of drug-likeness (QED) is 0.111. The normalized spacial score (nSPS) is 11.6. The Morgan fingerprint density at radius 2 is 1.18 bits per heavy atom. The predicted octanol–water partition coefficient (Wildman–Crippen LogP) is 11.4. The van der Waals surface area contributed by atoms with Crippen LogP contribution in [0.3, 0.4) is 0 Å². The molecule has 0 saturated heterocycles. The molecule has 0 spiro atoms. The summed E-state index contributed by atoms with van der Waals surface area (Å²) in [5.74, 6) is -6.97. The van der Waals surface area contributed by atoms with E-state index in [1.54, 1.807) is 0 Å². The summed E-state index contributed by atoms with van der Waals surface area (Å²) in [6, 6.07) is 16.9. The molecule has 5 aromatic rings. The molecule has 0 bridgehead atoms. The van der Waals surface area contributed by atoms with Gasteiger partial charge < -0.3 is 4.74 Å². The van der Waals surface area contributed by atoms with Gasteiger partial charge in [0.1, 0.15) is 29.0 Å². The first-order chi connectivity index (χ1) is 21.5. The van der Waals surface area contributed by atoms with E-state index in [0.29, 0.717) is 29.2 Å². The minimum absolute atomic E-state index is 0.135. The molecule has 5 rings (SSSR count). The third-order valence-corrected chi connectivity index (χ3v) is 7.38. The summed E-state index contributed by atoms with van der Waals surface area (Å²) in [5.41, 5.74) is -0.363. The minimum Gasteiger partial charge on any atom is -0.429 e. The molecular formula is C36H26F8O. The van der Waals surface area contributed by atoms with Crippen molar-refractivity contribution in [2.24, 2.45) is 0 Å². The summed E-state index contributed by atoms with van der Waals surface area (Å²) >= 11 is 0. The molecule has 0 aliphatic carbocycles. The number of benzene rings is 5. The molecule has 0 unspecified atom stereocenters. The lowest BCUT2D eigenvalue weighted by atomic mass is 9.96. The Balaban J connectivity index is 1.35. The number of hydrogen-bond donors (Lipinski definition) is 0. The first kappa shape index (κ1) is 31.8. The number of alkyl halides is 2. The van der Waals surface area contributed by atoms with Crippen LogP contribution in [0.1, 0.15) is 37.3 Å². The highest BCUT2D eigenvalue weighted by molar-refractivity contribution is 5.74. The number of rotatable bonds is 10. The molecule has 9 heteroatoms. The summed E-state index contributed by atoms with van der Waals surface area (Å²) < 4.78 is 121. The van der Waals surface area contributed by atoms with Gasteiger partial charge in [0.2, 0.25) is 0 Å². The van der Waals surface area contributed by atoms with Gasteiger partial charge in [-0.05, 0) is 89.2 Å². The van der Waals surface area contributed by atoms with Crippen molar-refractivity contribution >= 4 is 0 Å². The lowest BCUT2D eigenvalue weighted by Gasteiger charge is -2.20. The predicted molar refractivity (Wildman–Crippen MR) is 157 cm³/mol. The molecule has 45 heavy (non-hydrogen) atoms. The van der Waals surface area contributed by atoms with Gasteiger partial charge in [-0.25, -0.2) is 26.3 Å². The summed E-state index contributed by atoms with van der Waals surface area (Å²) in [5, 5.41) is 0. The van der Waals surface area contributed by atoms with Crippen LogP contribution in [-0.2, 0) is 12.5 Å². The van der Waals surface area contributed by atoms with E-state index < -0.39 is 57.9 Å². The van der Waals surface area contributed by atoms with Crippen molar-refractivity contribution in [3.8, 4) is 39.1 Å². The maximum atomic E-state index is 15.2. The molecule has 0 N–H and O–H groups in total. The van der Waals surface area contributed by atoms with E-state index in [1.165, 1.54) is 36.4 Å². The fraction of sp³-hybridized carbons (Fsp3) is 0.167. The van der Waals surface area contributed by atoms with Crippen LogP contribution in [0.15, 0.2) is 91.0 Å². The summed E-state index contributed by atoms with van der Waals surface area (Å²) in [4.78, 5) is 0. The van der Waals surface area contributed by atoms with Crippen LogP contribution < -0.4 is 4.74 Å². The van der Waals surface area contributed by atoms with Crippen molar-refractivity contribution in [2.75, 3.05) is 0 Å². The second-order valence-corrected chi connectivity index (χ2v) is 10.6. The zero-order chi connectivity index (χ0) is 32.3. The van der Waals surface area contributed by atoms with Gasteiger partial charge in [-0.2, -0.15) is 8.78 Å². The summed E-state index contributed by atoms with van der Waals surface area (Å²) in [7, 11) is 0. The molecule has 232 valence electrons. The second-order valence-electron chi connectivity index (χ2n) is 10.6. The van der Waals surface area contributed by atoms with Gasteiger partial charge in [-0.1, -0.05) is 56.2 Å². The molecule has 0 aliphatic heterocycles. The van der Waals surface area contributed by atoms with Crippen molar-refractivity contribution in [3.05, 3.63) is 137 Å². The summed E-state index contributed by atoms with van der Waals surface area (Å²) in [6.07, 6.45) is -0.916. The number of halogens is 8. The van der Waals surface area contributed by atoms with E-state index in [-0.39, 0.29) is 16.7 Å². The average molecular weight is 627 g/mol. The molecule has 0 aliphatic rings. The lowest BCUT2D eigenvalue weighted by molar-refractivity contribution is -0.187. The fourth-order valence-electron chi connectivity index (χ4n) is 5.04. The van der Waals surface area contributed by atoms with Crippen LogP contribution in [0.25, 0.3) is 33.4 Å². The monoisotopic (exact) mass is 626 g/mol. The second kappa shape index (κ2) is 13.1. The van der Waals surface area contributed by atoms with E-state index >= 15 is 13.2 Å². The largest absolute Gasteiger partial charge is 0.429 e. The van der Waals surface area contributed by atoms with E-state index in [2.05, 4.69) is 4.74 Å². The van der Waals surface area contributed by atoms with Crippen LogP contribution in [0.5, 0.6) is 5.75 Å². The van der Waals surface area contributed by atoms with Crippen LogP contribution in [-0.4, -0.2) is 0 Å². The Morgan fingerprint density at radius 1 is 0.533 bits per heavy atom. The van der Waals surface area contributed by atoms with Gasteiger partial charge in [-0.3, -0.25) is 0 Å². The average Bonchev–Trinajstić information content (AvgIpc) is 2.98. The zero-order valence-corrected chi connectivity index (χ0v) is 23.9. The maximum absolute atomic E-state index is 15.2. The third-order valence-electron chi connectivity index (χ3n) is 7.38. The van der Waals surface area contributed by atoms with Gasteiger partial charge >= 0.3 is 6.11 Å². The Bertz CT molecular complexity index is 1810. The molecule has 0 atom stereocenters. The lowest BCUT2D eigenvalue weighted by Crippen LogP contribution is -2.23. The molecule has 0 aromatic heterocycles. The van der Waals surface area contributed by atoms with E-state index in [1.807, 2.05) is 6.92 Å². The highest BCUT2D eigenvalue weighted by Gasteiger charge is 2.38. The smallest absolute Gasteiger partial charge is 0.429 e. The van der Waals surface area contributed by atoms with Gasteiger partial charge in [0.05, 0.1) is 11.1 Å². The number of hydrogen-bond acceptors (Lipinski definition) is 1. The fourth-order valence-corrected chi connectivity index (χ4v) is 5.04.